The van der Waals surface area contributed by atoms with Crippen LogP contribution in [-0.2, 0) is 0 Å². The number of hydrogen-bond donors (Lipinski definition) is 1. The van der Waals surface area contributed by atoms with Crippen LogP contribution >= 0.6 is 0 Å². The maximum absolute atomic E-state index is 5.69. The fourth-order valence-electron chi connectivity index (χ4n) is 1.30. The van der Waals surface area contributed by atoms with Crippen molar-refractivity contribution in [2.24, 2.45) is 11.7 Å². The molecule has 0 spiro atoms. The van der Waals surface area contributed by atoms with Crippen molar-refractivity contribution in [3.05, 3.63) is 6.42 Å². The maximum Gasteiger partial charge on any atom is 0.00441 e. The Labute approximate surface area is 51.3 Å². The smallest absolute Gasteiger partial charge is 0.00441 e. The lowest BCUT2D eigenvalue weighted by molar-refractivity contribution is 0.401. The Bertz CT molecular complexity index is 62.8. The Balaban J connectivity index is 2.23. The van der Waals surface area contributed by atoms with E-state index in [1.807, 2.05) is 0 Å². The lowest BCUT2D eigenvalue weighted by Gasteiger charge is -2.22. The van der Waals surface area contributed by atoms with E-state index in [0.29, 0.717) is 6.04 Å². The van der Waals surface area contributed by atoms with E-state index in [1.165, 1.54) is 12.8 Å². The molecule has 0 aromatic heterocycles. The first-order chi connectivity index (χ1) is 3.79. The van der Waals surface area contributed by atoms with Gasteiger partial charge >= 0.3 is 0 Å². The highest BCUT2D eigenvalue weighted by Crippen LogP contribution is 2.20. The molecule has 1 rings (SSSR count). The molecule has 1 fully saturated rings. The van der Waals surface area contributed by atoms with Gasteiger partial charge in [-0.05, 0) is 31.6 Å². The molecule has 0 aliphatic heterocycles. The van der Waals surface area contributed by atoms with Crippen LogP contribution in [0, 0.1) is 12.3 Å². The van der Waals surface area contributed by atoms with Crippen LogP contribution in [-0.4, -0.2) is 6.04 Å². The molecule has 1 saturated carbocycles. The second kappa shape index (κ2) is 2.49. The number of hydrogen-bond acceptors (Lipinski definition) is 1. The van der Waals surface area contributed by atoms with Crippen LogP contribution in [0.25, 0.3) is 0 Å². The van der Waals surface area contributed by atoms with E-state index in [0.717, 1.165) is 12.3 Å². The molecule has 0 saturated heterocycles. The third-order valence-corrected chi connectivity index (χ3v) is 1.74. The summed E-state index contributed by atoms with van der Waals surface area (Å²) in [4.78, 5) is 0. The molecular weight excluding hydrogens is 98.1 g/mol. The Morgan fingerprint density at radius 1 is 1.50 bits per heavy atom. The molecule has 0 aromatic rings. The predicted octanol–water partition coefficient (Wildman–Crippen LogP) is 1.34. The number of nitrogens with two attached hydrogens (primary N) is 1. The first-order valence-electron chi connectivity index (χ1n) is 3.36. The second-order valence-electron chi connectivity index (χ2n) is 2.86. The average molecular weight is 112 g/mol. The minimum atomic E-state index is 0.457. The Hall–Kier alpha value is -0.0400. The minimum Gasteiger partial charge on any atom is -0.328 e. The van der Waals surface area contributed by atoms with Crippen molar-refractivity contribution in [1.29, 1.82) is 0 Å². The monoisotopic (exact) mass is 112 g/mol. The number of rotatable bonds is 0. The van der Waals surface area contributed by atoms with Gasteiger partial charge in [0.25, 0.3) is 0 Å². The highest BCUT2D eigenvalue weighted by Gasteiger charge is 2.14. The van der Waals surface area contributed by atoms with E-state index in [9.17, 15) is 0 Å². The van der Waals surface area contributed by atoms with Crippen LogP contribution in [0.4, 0.5) is 0 Å². The quantitative estimate of drug-likeness (QED) is 0.502. The average Bonchev–Trinajstić information content (AvgIpc) is 1.64. The SMILES string of the molecule is CC1C[CH]CC(N)C1. The van der Waals surface area contributed by atoms with Gasteiger partial charge in [0.2, 0.25) is 0 Å². The fraction of sp³-hybridized carbons (Fsp3) is 0.857. The molecule has 2 N–H and O–H groups in total. The highest BCUT2D eigenvalue weighted by molar-refractivity contribution is 4.82. The zero-order chi connectivity index (χ0) is 5.98. The normalized spacial score (nSPS) is 39.8. The molecule has 2 unspecified atom stereocenters. The molecule has 0 heterocycles. The molecule has 1 nitrogen and oxygen atoms in total. The van der Waals surface area contributed by atoms with Crippen LogP contribution in [0.2, 0.25) is 0 Å². The predicted molar refractivity (Wildman–Crippen MR) is 35.3 cm³/mol. The Morgan fingerprint density at radius 3 is 2.62 bits per heavy atom. The van der Waals surface area contributed by atoms with Gasteiger partial charge in [0.1, 0.15) is 0 Å². The van der Waals surface area contributed by atoms with Crippen molar-refractivity contribution in [1.82, 2.24) is 0 Å². The third-order valence-electron chi connectivity index (χ3n) is 1.74. The molecule has 8 heavy (non-hydrogen) atoms. The van der Waals surface area contributed by atoms with Gasteiger partial charge in [-0.2, -0.15) is 0 Å². The lowest BCUT2D eigenvalue weighted by Crippen LogP contribution is -2.26. The summed E-state index contributed by atoms with van der Waals surface area (Å²) < 4.78 is 0. The van der Waals surface area contributed by atoms with Crippen LogP contribution in [0.3, 0.4) is 0 Å². The topological polar surface area (TPSA) is 26.0 Å². The van der Waals surface area contributed by atoms with Crippen LogP contribution in [0.1, 0.15) is 26.2 Å². The molecule has 1 radical (unpaired) electrons. The van der Waals surface area contributed by atoms with Crippen molar-refractivity contribution in [2.75, 3.05) is 0 Å². The minimum absolute atomic E-state index is 0.457. The molecule has 1 aliphatic rings. The molecule has 1 heteroatoms. The van der Waals surface area contributed by atoms with Gasteiger partial charge in [0, 0.05) is 6.04 Å². The van der Waals surface area contributed by atoms with E-state index in [4.69, 9.17) is 5.73 Å². The Kier molecular flexibility index (Phi) is 1.90. The fourth-order valence-corrected chi connectivity index (χ4v) is 1.30. The third kappa shape index (κ3) is 1.48. The summed E-state index contributed by atoms with van der Waals surface area (Å²) in [5.74, 6) is 0.832. The first-order valence-corrected chi connectivity index (χ1v) is 3.36. The van der Waals surface area contributed by atoms with Crippen molar-refractivity contribution < 1.29 is 0 Å². The molecule has 47 valence electrons. The highest BCUT2D eigenvalue weighted by atomic mass is 14.6. The summed E-state index contributed by atoms with van der Waals surface area (Å²) >= 11 is 0. The summed E-state index contributed by atoms with van der Waals surface area (Å²) in [5.41, 5.74) is 5.69. The van der Waals surface area contributed by atoms with Crippen LogP contribution < -0.4 is 5.73 Å². The molecular formula is C7H14N. The zero-order valence-corrected chi connectivity index (χ0v) is 5.43. The van der Waals surface area contributed by atoms with E-state index < -0.39 is 0 Å². The summed E-state index contributed by atoms with van der Waals surface area (Å²) in [6.07, 6.45) is 5.92. The molecule has 1 aliphatic carbocycles. The maximum atomic E-state index is 5.69. The van der Waals surface area contributed by atoms with Crippen molar-refractivity contribution >= 4 is 0 Å². The summed E-state index contributed by atoms with van der Waals surface area (Å²) in [5, 5.41) is 0. The van der Waals surface area contributed by atoms with Gasteiger partial charge in [-0.1, -0.05) is 6.92 Å². The zero-order valence-electron chi connectivity index (χ0n) is 5.43. The molecule has 0 amide bonds. The summed E-state index contributed by atoms with van der Waals surface area (Å²) in [7, 11) is 0. The van der Waals surface area contributed by atoms with Gasteiger partial charge in [0.05, 0.1) is 0 Å². The van der Waals surface area contributed by atoms with Crippen molar-refractivity contribution in [3.63, 3.8) is 0 Å². The molecule has 2 atom stereocenters. The van der Waals surface area contributed by atoms with Gasteiger partial charge < -0.3 is 5.73 Å². The van der Waals surface area contributed by atoms with E-state index in [2.05, 4.69) is 13.3 Å². The summed E-state index contributed by atoms with van der Waals surface area (Å²) in [6, 6.07) is 0.457. The molecule has 0 bridgehead atoms. The van der Waals surface area contributed by atoms with Gasteiger partial charge in [-0.25, -0.2) is 0 Å². The second-order valence-corrected chi connectivity index (χ2v) is 2.86. The van der Waals surface area contributed by atoms with Crippen LogP contribution in [0.15, 0.2) is 0 Å². The molecule has 0 aromatic carbocycles. The largest absolute Gasteiger partial charge is 0.328 e. The Morgan fingerprint density at radius 2 is 2.25 bits per heavy atom. The van der Waals surface area contributed by atoms with E-state index >= 15 is 0 Å². The van der Waals surface area contributed by atoms with Gasteiger partial charge in [-0.15, -0.1) is 0 Å². The standard InChI is InChI=1S/C7H14N/c1-6-3-2-4-7(8)5-6/h2,6-7H,3-5,8H2,1H3. The van der Waals surface area contributed by atoms with Gasteiger partial charge in [0.15, 0.2) is 0 Å². The van der Waals surface area contributed by atoms with E-state index in [-0.39, 0.29) is 0 Å². The van der Waals surface area contributed by atoms with Crippen molar-refractivity contribution in [2.45, 2.75) is 32.2 Å². The van der Waals surface area contributed by atoms with Crippen LogP contribution in [0.5, 0.6) is 0 Å². The van der Waals surface area contributed by atoms with Crippen molar-refractivity contribution in [3.8, 4) is 0 Å². The first kappa shape index (κ1) is 6.09. The van der Waals surface area contributed by atoms with E-state index in [1.54, 1.807) is 0 Å². The summed E-state index contributed by atoms with van der Waals surface area (Å²) in [6.45, 7) is 2.26. The van der Waals surface area contributed by atoms with Gasteiger partial charge in [-0.3, -0.25) is 0 Å². The lowest BCUT2D eigenvalue weighted by atomic mass is 9.88.